The molecule has 0 aliphatic rings. The summed E-state index contributed by atoms with van der Waals surface area (Å²) in [7, 11) is -4.54. The molecule has 0 radical (unpaired) electrons. The average Bonchev–Trinajstić information content (AvgIpc) is 2.38. The summed E-state index contributed by atoms with van der Waals surface area (Å²) in [5.74, 6) is 0.217. The molecule has 0 fully saturated rings. The molecule has 0 saturated carbocycles. The van der Waals surface area contributed by atoms with E-state index in [9.17, 15) is 4.57 Å². The summed E-state index contributed by atoms with van der Waals surface area (Å²) in [4.78, 5) is 17.9. The van der Waals surface area contributed by atoms with Gasteiger partial charge in [-0.3, -0.25) is 9.79 Å². The summed E-state index contributed by atoms with van der Waals surface area (Å²) >= 11 is 0. The van der Waals surface area contributed by atoms with Gasteiger partial charge in [-0.2, -0.15) is 0 Å². The van der Waals surface area contributed by atoms with Gasteiger partial charge in [-0.1, -0.05) is 24.3 Å². The van der Waals surface area contributed by atoms with Crippen molar-refractivity contribution in [1.29, 1.82) is 0 Å². The lowest BCUT2D eigenvalue weighted by Gasteiger charge is -2.16. The van der Waals surface area contributed by atoms with Crippen LogP contribution in [0.15, 0.2) is 30.3 Å². The first-order valence-electron chi connectivity index (χ1n) is 6.62. The van der Waals surface area contributed by atoms with E-state index in [2.05, 4.69) is 19.9 Å². The van der Waals surface area contributed by atoms with E-state index in [0.29, 0.717) is 0 Å². The second-order valence-corrected chi connectivity index (χ2v) is 6.35. The van der Waals surface area contributed by atoms with Crippen LogP contribution in [0, 0.1) is 27.7 Å². The van der Waals surface area contributed by atoms with Gasteiger partial charge in [-0.25, -0.2) is 4.57 Å². The van der Waals surface area contributed by atoms with Crippen LogP contribution in [0.4, 0.5) is 0 Å². The molecule has 2 aromatic carbocycles. The van der Waals surface area contributed by atoms with Crippen LogP contribution < -0.4 is 4.52 Å². The fourth-order valence-electron chi connectivity index (χ4n) is 2.36. The topological polar surface area (TPSA) is 66.8 Å². The molecule has 0 atom stereocenters. The Balaban J connectivity index is 2.56. The van der Waals surface area contributed by atoms with Gasteiger partial charge in [0.15, 0.2) is 0 Å². The smallest absolute Gasteiger partial charge is 0.404 e. The number of aryl methyl sites for hydroxylation is 1. The van der Waals surface area contributed by atoms with Crippen molar-refractivity contribution in [3.8, 4) is 16.9 Å². The van der Waals surface area contributed by atoms with Gasteiger partial charge >= 0.3 is 7.82 Å². The van der Waals surface area contributed by atoms with E-state index in [4.69, 9.17) is 14.3 Å². The van der Waals surface area contributed by atoms with E-state index in [1.165, 1.54) is 11.1 Å². The zero-order chi connectivity index (χ0) is 15.8. The van der Waals surface area contributed by atoms with Crippen molar-refractivity contribution in [1.82, 2.24) is 0 Å². The fourth-order valence-corrected chi connectivity index (χ4v) is 2.81. The minimum Gasteiger partial charge on any atom is -0.404 e. The first-order chi connectivity index (χ1) is 9.70. The van der Waals surface area contributed by atoms with E-state index in [1.54, 1.807) is 13.0 Å². The number of hydrogen-bond acceptors (Lipinski definition) is 2. The molecule has 0 aliphatic carbocycles. The standard InChI is InChI=1S/C16H19O4P/c1-10-6-5-7-14(11(10)2)15-8-9-16(13(4)12(15)3)20-21(17,18)19/h5-9H,1-4H3,(H2,17,18,19). The van der Waals surface area contributed by atoms with Crippen molar-refractivity contribution in [3.63, 3.8) is 0 Å². The lowest BCUT2D eigenvalue weighted by molar-refractivity contribution is 0.282. The predicted octanol–water partition coefficient (Wildman–Crippen LogP) is 4.06. The number of benzene rings is 2. The summed E-state index contributed by atoms with van der Waals surface area (Å²) in [6.07, 6.45) is 0. The number of hydrogen-bond donors (Lipinski definition) is 2. The Morgan fingerprint density at radius 2 is 1.48 bits per heavy atom. The Bertz CT molecular complexity index is 731. The molecule has 0 amide bonds. The highest BCUT2D eigenvalue weighted by molar-refractivity contribution is 7.46. The molecule has 0 aliphatic heterocycles. The van der Waals surface area contributed by atoms with E-state index < -0.39 is 7.82 Å². The highest BCUT2D eigenvalue weighted by Crippen LogP contribution is 2.41. The van der Waals surface area contributed by atoms with Gasteiger partial charge in [0.25, 0.3) is 0 Å². The van der Waals surface area contributed by atoms with Crippen LogP contribution in [0.1, 0.15) is 22.3 Å². The van der Waals surface area contributed by atoms with Crippen LogP contribution in [0.2, 0.25) is 0 Å². The molecule has 2 N–H and O–H groups in total. The monoisotopic (exact) mass is 306 g/mol. The average molecular weight is 306 g/mol. The molecule has 2 rings (SSSR count). The molecule has 4 nitrogen and oxygen atoms in total. The summed E-state index contributed by atoms with van der Waals surface area (Å²) in [5, 5.41) is 0. The third-order valence-electron chi connectivity index (χ3n) is 3.85. The molecule has 0 spiro atoms. The van der Waals surface area contributed by atoms with E-state index in [-0.39, 0.29) is 5.75 Å². The van der Waals surface area contributed by atoms with Crippen LogP contribution in [0.5, 0.6) is 5.75 Å². The molecule has 0 heterocycles. The molecule has 21 heavy (non-hydrogen) atoms. The van der Waals surface area contributed by atoms with Crippen LogP contribution in [0.25, 0.3) is 11.1 Å². The van der Waals surface area contributed by atoms with Crippen LogP contribution >= 0.6 is 7.82 Å². The Hall–Kier alpha value is -1.61. The van der Waals surface area contributed by atoms with Gasteiger partial charge in [0.1, 0.15) is 5.75 Å². The SMILES string of the molecule is Cc1cccc(-c2ccc(OP(=O)(O)O)c(C)c2C)c1C. The summed E-state index contributed by atoms with van der Waals surface area (Å²) < 4.78 is 15.7. The van der Waals surface area contributed by atoms with Crippen molar-refractivity contribution in [2.75, 3.05) is 0 Å². The molecule has 0 unspecified atom stereocenters. The summed E-state index contributed by atoms with van der Waals surface area (Å²) in [6, 6.07) is 9.57. The van der Waals surface area contributed by atoms with Crippen LogP contribution in [-0.4, -0.2) is 9.79 Å². The van der Waals surface area contributed by atoms with Gasteiger partial charge in [0.2, 0.25) is 0 Å². The molecular weight excluding hydrogens is 287 g/mol. The van der Waals surface area contributed by atoms with Crippen molar-refractivity contribution in [2.45, 2.75) is 27.7 Å². The maximum Gasteiger partial charge on any atom is 0.524 e. The second kappa shape index (κ2) is 5.64. The quantitative estimate of drug-likeness (QED) is 0.839. The van der Waals surface area contributed by atoms with Gasteiger partial charge in [0, 0.05) is 0 Å². The Labute approximate surface area is 124 Å². The van der Waals surface area contributed by atoms with Gasteiger partial charge in [-0.05, 0) is 67.1 Å². The van der Waals surface area contributed by atoms with E-state index >= 15 is 0 Å². The molecule has 0 aromatic heterocycles. The largest absolute Gasteiger partial charge is 0.524 e. The zero-order valence-corrected chi connectivity index (χ0v) is 13.4. The normalized spacial score (nSPS) is 11.5. The second-order valence-electron chi connectivity index (χ2n) is 5.19. The van der Waals surface area contributed by atoms with Gasteiger partial charge < -0.3 is 4.52 Å². The third-order valence-corrected chi connectivity index (χ3v) is 4.28. The first-order valence-corrected chi connectivity index (χ1v) is 8.15. The minimum absolute atomic E-state index is 0.217. The third kappa shape index (κ3) is 3.35. The van der Waals surface area contributed by atoms with E-state index in [1.807, 2.05) is 25.1 Å². The number of phosphoric ester groups is 1. The Morgan fingerprint density at radius 3 is 2.10 bits per heavy atom. The van der Waals surface area contributed by atoms with E-state index in [0.717, 1.165) is 22.3 Å². The predicted molar refractivity (Wildman–Crippen MR) is 83.5 cm³/mol. The summed E-state index contributed by atoms with van der Waals surface area (Å²) in [6.45, 7) is 7.86. The maximum absolute atomic E-state index is 11.0. The highest BCUT2D eigenvalue weighted by Gasteiger charge is 2.19. The van der Waals surface area contributed by atoms with Crippen molar-refractivity contribution in [3.05, 3.63) is 52.6 Å². The first kappa shape index (κ1) is 15.8. The molecule has 0 saturated heterocycles. The number of rotatable bonds is 3. The Kier molecular flexibility index (Phi) is 4.24. The maximum atomic E-state index is 11.0. The van der Waals surface area contributed by atoms with Crippen molar-refractivity contribution < 1.29 is 18.9 Å². The Morgan fingerprint density at radius 1 is 0.857 bits per heavy atom. The van der Waals surface area contributed by atoms with Gasteiger partial charge in [-0.15, -0.1) is 0 Å². The molecular formula is C16H19O4P. The highest BCUT2D eigenvalue weighted by atomic mass is 31.2. The fraction of sp³-hybridized carbons (Fsp3) is 0.250. The van der Waals surface area contributed by atoms with Gasteiger partial charge in [0.05, 0.1) is 0 Å². The lowest BCUT2D eigenvalue weighted by Crippen LogP contribution is -1.97. The molecule has 2 aromatic rings. The molecule has 112 valence electrons. The molecule has 0 bridgehead atoms. The zero-order valence-electron chi connectivity index (χ0n) is 12.5. The molecule has 5 heteroatoms. The minimum atomic E-state index is -4.54. The van der Waals surface area contributed by atoms with Crippen LogP contribution in [-0.2, 0) is 4.57 Å². The number of phosphoric acid groups is 1. The summed E-state index contributed by atoms with van der Waals surface area (Å²) in [5.41, 5.74) is 6.26. The van der Waals surface area contributed by atoms with Crippen molar-refractivity contribution >= 4 is 7.82 Å². The lowest BCUT2D eigenvalue weighted by atomic mass is 9.92. The van der Waals surface area contributed by atoms with Crippen LogP contribution in [0.3, 0.4) is 0 Å². The van der Waals surface area contributed by atoms with Crippen molar-refractivity contribution in [2.24, 2.45) is 0 Å².